The van der Waals surface area contributed by atoms with Crippen LogP contribution in [0.1, 0.15) is 34.5 Å². The molecular formula is C26H27FN4O5. The lowest BCUT2D eigenvalue weighted by Gasteiger charge is -2.38. The first-order valence-corrected chi connectivity index (χ1v) is 11.8. The molecule has 9 nitrogen and oxygen atoms in total. The van der Waals surface area contributed by atoms with Crippen molar-refractivity contribution in [1.29, 1.82) is 0 Å². The molecule has 10 heteroatoms. The van der Waals surface area contributed by atoms with Gasteiger partial charge >= 0.3 is 5.97 Å². The number of ether oxygens (including phenoxy) is 1. The van der Waals surface area contributed by atoms with Crippen molar-refractivity contribution < 1.29 is 24.2 Å². The number of aromatic nitrogens is 1. The number of carboxylic acid groups (broad SMARTS) is 1. The van der Waals surface area contributed by atoms with Crippen LogP contribution in [0.4, 0.5) is 10.1 Å². The monoisotopic (exact) mass is 494 g/mol. The maximum atomic E-state index is 15.5. The van der Waals surface area contributed by atoms with Gasteiger partial charge in [-0.3, -0.25) is 9.69 Å². The molecular weight excluding hydrogens is 467 g/mol. The Hall–Kier alpha value is -3.92. The summed E-state index contributed by atoms with van der Waals surface area (Å²) in [4.78, 5) is 28.4. The lowest BCUT2D eigenvalue weighted by molar-refractivity contribution is 0.0694. The van der Waals surface area contributed by atoms with Gasteiger partial charge in [-0.15, -0.1) is 0 Å². The van der Waals surface area contributed by atoms with Gasteiger partial charge < -0.3 is 24.5 Å². The topological polar surface area (TPSA) is 108 Å². The van der Waals surface area contributed by atoms with Crippen LogP contribution in [0.15, 0.2) is 46.5 Å². The molecule has 2 aliphatic heterocycles. The van der Waals surface area contributed by atoms with Crippen LogP contribution in [0.3, 0.4) is 0 Å². The van der Waals surface area contributed by atoms with Crippen LogP contribution in [0, 0.1) is 12.7 Å². The fourth-order valence-electron chi connectivity index (χ4n) is 4.93. The van der Waals surface area contributed by atoms with E-state index in [1.807, 2.05) is 43.0 Å². The molecule has 0 saturated carbocycles. The van der Waals surface area contributed by atoms with Crippen molar-refractivity contribution in [3.8, 4) is 5.75 Å². The number of aryl methyl sites for hydroxylation is 1. The van der Waals surface area contributed by atoms with E-state index >= 15 is 4.39 Å². The van der Waals surface area contributed by atoms with Gasteiger partial charge in [0, 0.05) is 44.5 Å². The highest BCUT2D eigenvalue weighted by Crippen LogP contribution is 2.42. The van der Waals surface area contributed by atoms with Crippen molar-refractivity contribution in [1.82, 2.24) is 9.47 Å². The molecule has 0 unspecified atom stereocenters. The van der Waals surface area contributed by atoms with Crippen molar-refractivity contribution in [3.05, 3.63) is 69.3 Å². The highest BCUT2D eigenvalue weighted by Gasteiger charge is 2.31. The van der Waals surface area contributed by atoms with E-state index < -0.39 is 22.8 Å². The van der Waals surface area contributed by atoms with E-state index in [1.165, 1.54) is 6.20 Å². The predicted molar refractivity (Wildman–Crippen MR) is 133 cm³/mol. The second kappa shape index (κ2) is 9.27. The molecule has 1 saturated heterocycles. The van der Waals surface area contributed by atoms with Crippen LogP contribution in [-0.2, 0) is 0 Å². The number of hydrogen-bond donors (Lipinski definition) is 2. The Morgan fingerprint density at radius 3 is 2.53 bits per heavy atom. The van der Waals surface area contributed by atoms with Crippen molar-refractivity contribution >= 4 is 28.3 Å². The molecule has 0 aliphatic carbocycles. The molecule has 2 aliphatic rings. The fraction of sp³-hybridized carbons (Fsp3) is 0.346. The third kappa shape index (κ3) is 4.07. The highest BCUT2D eigenvalue weighted by molar-refractivity contribution is 6.01. The van der Waals surface area contributed by atoms with Crippen molar-refractivity contribution in [3.63, 3.8) is 0 Å². The van der Waals surface area contributed by atoms with E-state index in [4.69, 9.17) is 4.74 Å². The van der Waals surface area contributed by atoms with Crippen LogP contribution in [0.5, 0.6) is 5.75 Å². The van der Waals surface area contributed by atoms with Crippen LogP contribution in [0.2, 0.25) is 0 Å². The first-order valence-electron chi connectivity index (χ1n) is 11.8. The quantitative estimate of drug-likeness (QED) is 0.319. The van der Waals surface area contributed by atoms with Gasteiger partial charge in [0.05, 0.1) is 16.9 Å². The summed E-state index contributed by atoms with van der Waals surface area (Å²) >= 11 is 0. The molecule has 36 heavy (non-hydrogen) atoms. The van der Waals surface area contributed by atoms with Gasteiger partial charge in [0.2, 0.25) is 5.43 Å². The standard InChI is InChI=1S/C26H27FN4O5/c1-15-3-5-17(6-4-15)21(28-35)13-29-7-9-30(10-8-29)23-20(27)11-18-22-25(23)36-14-16(2)31(22)12-19(24(18)32)26(33)34/h3-6,11-12,16,35H,7-10,13-14H2,1-2H3,(H,33,34)/b28-21+/t16-/m0/s1. The van der Waals surface area contributed by atoms with Crippen LogP contribution in [0.25, 0.3) is 10.9 Å². The number of aromatic carboxylic acids is 1. The number of piperazine rings is 1. The molecule has 5 rings (SSSR count). The lowest BCUT2D eigenvalue weighted by atomic mass is 10.0. The highest BCUT2D eigenvalue weighted by atomic mass is 19.1. The van der Waals surface area contributed by atoms with Gasteiger partial charge in [-0.05, 0) is 19.9 Å². The second-order valence-electron chi connectivity index (χ2n) is 9.35. The van der Waals surface area contributed by atoms with Crippen molar-refractivity contribution in [2.45, 2.75) is 19.9 Å². The summed E-state index contributed by atoms with van der Waals surface area (Å²) in [5, 5.41) is 22.5. The van der Waals surface area contributed by atoms with Gasteiger partial charge in [-0.1, -0.05) is 35.0 Å². The average molecular weight is 495 g/mol. The Morgan fingerprint density at radius 2 is 1.89 bits per heavy atom. The number of halogens is 1. The number of pyridine rings is 1. The van der Waals surface area contributed by atoms with E-state index in [0.29, 0.717) is 44.0 Å². The van der Waals surface area contributed by atoms with Crippen LogP contribution >= 0.6 is 0 Å². The molecule has 2 N–H and O–H groups in total. The summed E-state index contributed by atoms with van der Waals surface area (Å²) in [7, 11) is 0. The Kier molecular flexibility index (Phi) is 6.13. The molecule has 1 aromatic heterocycles. The SMILES string of the molecule is Cc1ccc(/C(CN2CCN(c3c(F)cc4c(=O)c(C(=O)O)cn5c4c3OC[C@@H]5C)CC2)=N/O)cc1. The molecule has 1 fully saturated rings. The van der Waals surface area contributed by atoms with E-state index in [1.54, 1.807) is 4.57 Å². The molecule has 0 spiro atoms. The number of oxime groups is 1. The Morgan fingerprint density at radius 1 is 1.19 bits per heavy atom. The molecule has 3 heterocycles. The molecule has 188 valence electrons. The number of benzene rings is 2. The minimum absolute atomic E-state index is 0.00164. The molecule has 0 radical (unpaired) electrons. The van der Waals surface area contributed by atoms with E-state index in [-0.39, 0.29) is 29.5 Å². The van der Waals surface area contributed by atoms with Crippen LogP contribution in [-0.4, -0.2) is 70.8 Å². The first-order chi connectivity index (χ1) is 17.3. The van der Waals surface area contributed by atoms with Gasteiger partial charge in [0.15, 0.2) is 11.6 Å². The minimum Gasteiger partial charge on any atom is -0.487 e. The molecule has 0 amide bonds. The van der Waals surface area contributed by atoms with E-state index in [0.717, 1.165) is 17.2 Å². The van der Waals surface area contributed by atoms with Crippen molar-refractivity contribution in [2.75, 3.05) is 44.2 Å². The number of anilines is 1. The van der Waals surface area contributed by atoms with Crippen molar-refractivity contribution in [2.24, 2.45) is 5.16 Å². The largest absolute Gasteiger partial charge is 0.487 e. The number of carboxylic acids is 1. The Balaban J connectivity index is 1.43. The molecule has 1 atom stereocenters. The first kappa shape index (κ1) is 23.8. The molecule has 0 bridgehead atoms. The third-order valence-electron chi connectivity index (χ3n) is 6.94. The third-order valence-corrected chi connectivity index (χ3v) is 6.94. The molecule has 2 aromatic carbocycles. The number of nitrogens with zero attached hydrogens (tertiary/aromatic N) is 4. The zero-order valence-corrected chi connectivity index (χ0v) is 20.1. The smallest absolute Gasteiger partial charge is 0.341 e. The van der Waals surface area contributed by atoms with Crippen LogP contribution < -0.4 is 15.1 Å². The maximum Gasteiger partial charge on any atom is 0.341 e. The summed E-state index contributed by atoms with van der Waals surface area (Å²) in [6.45, 7) is 6.73. The number of carbonyl (C=O) groups is 1. The summed E-state index contributed by atoms with van der Waals surface area (Å²) < 4.78 is 23.1. The molecule has 3 aromatic rings. The minimum atomic E-state index is -1.34. The Labute approximate surface area is 206 Å². The van der Waals surface area contributed by atoms with Gasteiger partial charge in [0.25, 0.3) is 0 Å². The summed E-state index contributed by atoms with van der Waals surface area (Å²) in [5.41, 5.74) is 2.10. The normalized spacial score (nSPS) is 18.4. The summed E-state index contributed by atoms with van der Waals surface area (Å²) in [6.07, 6.45) is 1.32. The van der Waals surface area contributed by atoms with Gasteiger partial charge in [-0.2, -0.15) is 0 Å². The van der Waals surface area contributed by atoms with E-state index in [2.05, 4.69) is 10.1 Å². The predicted octanol–water partition coefficient (Wildman–Crippen LogP) is 3.10. The second-order valence-corrected chi connectivity index (χ2v) is 9.35. The maximum absolute atomic E-state index is 15.5. The summed E-state index contributed by atoms with van der Waals surface area (Å²) in [6, 6.07) is 8.68. The van der Waals surface area contributed by atoms with E-state index in [9.17, 15) is 19.9 Å². The Bertz CT molecular complexity index is 1430. The lowest BCUT2D eigenvalue weighted by Crippen LogP contribution is -2.48. The number of hydrogen-bond acceptors (Lipinski definition) is 7. The zero-order chi connectivity index (χ0) is 25.6. The summed E-state index contributed by atoms with van der Waals surface area (Å²) in [5.74, 6) is -1.70. The zero-order valence-electron chi connectivity index (χ0n) is 20.1. The average Bonchev–Trinajstić information content (AvgIpc) is 2.86. The fourth-order valence-corrected chi connectivity index (χ4v) is 4.93. The van der Waals surface area contributed by atoms with Gasteiger partial charge in [-0.25, -0.2) is 9.18 Å². The van der Waals surface area contributed by atoms with Gasteiger partial charge in [0.1, 0.15) is 23.6 Å². The number of rotatable bonds is 5.